The maximum absolute atomic E-state index is 12.4. The number of ether oxygens (including phenoxy) is 1. The van der Waals surface area contributed by atoms with E-state index in [4.69, 9.17) is 4.74 Å². The Morgan fingerprint density at radius 1 is 1.38 bits per heavy atom. The number of hydrogen-bond acceptors (Lipinski definition) is 4. The van der Waals surface area contributed by atoms with Crippen LogP contribution in [0.5, 0.6) is 5.88 Å². The minimum absolute atomic E-state index is 0.0181. The van der Waals surface area contributed by atoms with Crippen molar-refractivity contribution in [3.63, 3.8) is 0 Å². The van der Waals surface area contributed by atoms with E-state index < -0.39 is 0 Å². The zero-order valence-electron chi connectivity index (χ0n) is 11.9. The first kappa shape index (κ1) is 13.5. The number of aryl methyl sites for hydroxylation is 1. The molecular weight excluding hydrogens is 266 g/mol. The number of carbonyl (C=O) groups excluding carboxylic acids is 1. The van der Waals surface area contributed by atoms with E-state index in [2.05, 4.69) is 9.97 Å². The van der Waals surface area contributed by atoms with Crippen LogP contribution in [0.1, 0.15) is 22.3 Å². The van der Waals surface area contributed by atoms with Gasteiger partial charge in [-0.1, -0.05) is 17.7 Å². The van der Waals surface area contributed by atoms with E-state index in [1.54, 1.807) is 18.6 Å². The number of carbonyl (C=O) groups is 1. The zero-order chi connectivity index (χ0) is 14.7. The van der Waals surface area contributed by atoms with Gasteiger partial charge in [0.1, 0.15) is 6.10 Å². The van der Waals surface area contributed by atoms with Gasteiger partial charge >= 0.3 is 0 Å². The summed E-state index contributed by atoms with van der Waals surface area (Å²) < 4.78 is 5.75. The van der Waals surface area contributed by atoms with E-state index in [0.717, 1.165) is 17.5 Å². The number of rotatable bonds is 3. The van der Waals surface area contributed by atoms with Crippen molar-refractivity contribution in [2.45, 2.75) is 19.4 Å². The van der Waals surface area contributed by atoms with Crippen molar-refractivity contribution in [2.75, 3.05) is 13.1 Å². The molecule has 1 aromatic carbocycles. The van der Waals surface area contributed by atoms with Crippen LogP contribution in [0, 0.1) is 6.92 Å². The third-order valence-corrected chi connectivity index (χ3v) is 3.52. The Bertz CT molecular complexity index is 630. The summed E-state index contributed by atoms with van der Waals surface area (Å²) in [7, 11) is 0. The number of likely N-dealkylation sites (tertiary alicyclic amines) is 1. The molecular formula is C16H17N3O2. The van der Waals surface area contributed by atoms with Crippen molar-refractivity contribution in [3.8, 4) is 5.88 Å². The molecule has 1 amide bonds. The molecule has 1 aliphatic heterocycles. The Morgan fingerprint density at radius 2 is 2.29 bits per heavy atom. The Labute approximate surface area is 123 Å². The molecule has 2 heterocycles. The van der Waals surface area contributed by atoms with Crippen molar-refractivity contribution in [1.82, 2.24) is 14.9 Å². The molecule has 1 aliphatic rings. The first-order chi connectivity index (χ1) is 10.2. The molecule has 21 heavy (non-hydrogen) atoms. The van der Waals surface area contributed by atoms with Gasteiger partial charge in [-0.15, -0.1) is 0 Å². The lowest BCUT2D eigenvalue weighted by Crippen LogP contribution is -2.31. The maximum atomic E-state index is 12.4. The first-order valence-electron chi connectivity index (χ1n) is 7.01. The summed E-state index contributed by atoms with van der Waals surface area (Å²) >= 11 is 0. The van der Waals surface area contributed by atoms with Crippen molar-refractivity contribution in [2.24, 2.45) is 0 Å². The second-order valence-electron chi connectivity index (χ2n) is 5.19. The van der Waals surface area contributed by atoms with Crippen LogP contribution in [0.2, 0.25) is 0 Å². The van der Waals surface area contributed by atoms with Crippen molar-refractivity contribution in [1.29, 1.82) is 0 Å². The SMILES string of the molecule is Cc1cccc(C(=O)N2CCC(Oc3cnccn3)C2)c1. The predicted octanol–water partition coefficient (Wildman–Crippen LogP) is 2.08. The Hall–Kier alpha value is -2.43. The topological polar surface area (TPSA) is 55.3 Å². The van der Waals surface area contributed by atoms with Gasteiger partial charge in [0.25, 0.3) is 5.91 Å². The van der Waals surface area contributed by atoms with Gasteiger partial charge in [-0.25, -0.2) is 4.98 Å². The molecule has 1 aromatic heterocycles. The molecule has 0 bridgehead atoms. The summed E-state index contributed by atoms with van der Waals surface area (Å²) in [5, 5.41) is 0. The standard InChI is InChI=1S/C16H17N3O2/c1-12-3-2-4-13(9-12)16(20)19-8-5-14(11-19)21-15-10-17-6-7-18-15/h2-4,6-7,9-10,14H,5,8,11H2,1H3. The lowest BCUT2D eigenvalue weighted by molar-refractivity contribution is 0.0771. The van der Waals surface area contributed by atoms with Crippen LogP contribution in [0.3, 0.4) is 0 Å². The second-order valence-corrected chi connectivity index (χ2v) is 5.19. The quantitative estimate of drug-likeness (QED) is 0.865. The molecule has 2 aromatic rings. The molecule has 1 saturated heterocycles. The Kier molecular flexibility index (Phi) is 3.81. The second kappa shape index (κ2) is 5.91. The predicted molar refractivity (Wildman–Crippen MR) is 78.1 cm³/mol. The van der Waals surface area contributed by atoms with Gasteiger partial charge in [0.15, 0.2) is 0 Å². The summed E-state index contributed by atoms with van der Waals surface area (Å²) in [6.45, 7) is 3.28. The molecule has 0 radical (unpaired) electrons. The Morgan fingerprint density at radius 3 is 3.05 bits per heavy atom. The van der Waals surface area contributed by atoms with E-state index >= 15 is 0 Å². The van der Waals surface area contributed by atoms with Crippen LogP contribution in [0.25, 0.3) is 0 Å². The zero-order valence-corrected chi connectivity index (χ0v) is 11.9. The van der Waals surface area contributed by atoms with Crippen LogP contribution < -0.4 is 4.74 Å². The average Bonchev–Trinajstić information content (AvgIpc) is 2.96. The van der Waals surface area contributed by atoms with Crippen molar-refractivity contribution < 1.29 is 9.53 Å². The van der Waals surface area contributed by atoms with Crippen LogP contribution in [0.4, 0.5) is 0 Å². The normalized spacial score (nSPS) is 17.8. The molecule has 1 unspecified atom stereocenters. The lowest BCUT2D eigenvalue weighted by atomic mass is 10.1. The third-order valence-electron chi connectivity index (χ3n) is 3.52. The maximum Gasteiger partial charge on any atom is 0.253 e. The summed E-state index contributed by atoms with van der Waals surface area (Å²) in [5.74, 6) is 0.566. The van der Waals surface area contributed by atoms with Gasteiger partial charge in [0.05, 0.1) is 12.7 Å². The van der Waals surface area contributed by atoms with Crippen LogP contribution in [-0.4, -0.2) is 40.0 Å². The number of benzene rings is 1. The summed E-state index contributed by atoms with van der Waals surface area (Å²) in [6.07, 6.45) is 5.59. The van der Waals surface area contributed by atoms with Crippen LogP contribution >= 0.6 is 0 Å². The molecule has 5 nitrogen and oxygen atoms in total. The smallest absolute Gasteiger partial charge is 0.253 e. The molecule has 0 N–H and O–H groups in total. The van der Waals surface area contributed by atoms with E-state index in [1.807, 2.05) is 36.1 Å². The van der Waals surface area contributed by atoms with Crippen LogP contribution in [0.15, 0.2) is 42.9 Å². The highest BCUT2D eigenvalue weighted by molar-refractivity contribution is 5.94. The van der Waals surface area contributed by atoms with Gasteiger partial charge in [-0.3, -0.25) is 9.78 Å². The average molecular weight is 283 g/mol. The van der Waals surface area contributed by atoms with E-state index in [-0.39, 0.29) is 12.0 Å². The highest BCUT2D eigenvalue weighted by Crippen LogP contribution is 2.18. The molecule has 0 aliphatic carbocycles. The highest BCUT2D eigenvalue weighted by Gasteiger charge is 2.28. The number of aromatic nitrogens is 2. The fraction of sp³-hybridized carbons (Fsp3) is 0.312. The molecule has 1 atom stereocenters. The number of nitrogens with zero attached hydrogens (tertiary/aromatic N) is 3. The molecule has 0 saturated carbocycles. The van der Waals surface area contributed by atoms with E-state index in [0.29, 0.717) is 19.0 Å². The number of hydrogen-bond donors (Lipinski definition) is 0. The molecule has 1 fully saturated rings. The van der Waals surface area contributed by atoms with Crippen LogP contribution in [-0.2, 0) is 0 Å². The number of amides is 1. The van der Waals surface area contributed by atoms with Gasteiger partial charge in [-0.2, -0.15) is 0 Å². The first-order valence-corrected chi connectivity index (χ1v) is 7.01. The van der Waals surface area contributed by atoms with Crippen molar-refractivity contribution in [3.05, 3.63) is 54.0 Å². The van der Waals surface area contributed by atoms with Gasteiger partial charge in [0, 0.05) is 30.9 Å². The van der Waals surface area contributed by atoms with Crippen molar-refractivity contribution >= 4 is 5.91 Å². The van der Waals surface area contributed by atoms with Gasteiger partial charge in [-0.05, 0) is 19.1 Å². The Balaban J connectivity index is 1.63. The van der Waals surface area contributed by atoms with Gasteiger partial charge < -0.3 is 9.64 Å². The molecule has 5 heteroatoms. The van der Waals surface area contributed by atoms with E-state index in [1.165, 1.54) is 0 Å². The lowest BCUT2D eigenvalue weighted by Gasteiger charge is -2.17. The largest absolute Gasteiger partial charge is 0.471 e. The third kappa shape index (κ3) is 3.18. The minimum Gasteiger partial charge on any atom is -0.471 e. The summed E-state index contributed by atoms with van der Waals surface area (Å²) in [6, 6.07) is 7.66. The van der Waals surface area contributed by atoms with Gasteiger partial charge in [0.2, 0.25) is 5.88 Å². The monoisotopic (exact) mass is 283 g/mol. The van der Waals surface area contributed by atoms with E-state index in [9.17, 15) is 4.79 Å². The fourth-order valence-corrected chi connectivity index (χ4v) is 2.49. The molecule has 0 spiro atoms. The highest BCUT2D eigenvalue weighted by atomic mass is 16.5. The minimum atomic E-state index is -0.0181. The fourth-order valence-electron chi connectivity index (χ4n) is 2.49. The molecule has 3 rings (SSSR count). The summed E-state index contributed by atoms with van der Waals surface area (Å²) in [4.78, 5) is 22.3. The summed E-state index contributed by atoms with van der Waals surface area (Å²) in [5.41, 5.74) is 1.82. The molecule has 108 valence electrons.